The topological polar surface area (TPSA) is 82.9 Å². The molecule has 0 saturated heterocycles. The van der Waals surface area contributed by atoms with E-state index in [1.807, 2.05) is 80.5 Å². The van der Waals surface area contributed by atoms with Gasteiger partial charge in [-0.25, -0.2) is 0 Å². The van der Waals surface area contributed by atoms with Gasteiger partial charge in [-0.1, -0.05) is 30.3 Å². The molecule has 0 radical (unpaired) electrons. The molecular weight excluding hydrogens is 442 g/mol. The number of Topliss-reactive ketones (excluding diaryl/α,β-unsaturated/α-hetero) is 1. The van der Waals surface area contributed by atoms with Crippen LogP contribution in [-0.2, 0) is 21.4 Å². The highest BCUT2D eigenvalue weighted by Gasteiger charge is 2.55. The average molecular weight is 470 g/mol. The molecule has 7 nitrogen and oxygen atoms in total. The smallest absolute Gasteiger partial charge is 0.309 e. The van der Waals surface area contributed by atoms with E-state index >= 15 is 0 Å². The Morgan fingerprint density at radius 1 is 0.886 bits per heavy atom. The van der Waals surface area contributed by atoms with Gasteiger partial charge in [0.25, 0.3) is 0 Å². The maximum atomic E-state index is 13.5. The van der Waals surface area contributed by atoms with Crippen LogP contribution >= 0.6 is 0 Å². The van der Waals surface area contributed by atoms with E-state index in [-0.39, 0.29) is 23.9 Å². The SMILES string of the molecule is COC(=O)Cc1ccc2c(c1)C1(C(=N)C2=O)c2ccc(N(C)C)cc2Oc2cc(N(C)C)ccc21. The summed E-state index contributed by atoms with van der Waals surface area (Å²) in [6.07, 6.45) is 0.0801. The Hall–Kier alpha value is -4.13. The Morgan fingerprint density at radius 2 is 1.46 bits per heavy atom. The van der Waals surface area contributed by atoms with Gasteiger partial charge in [-0.2, -0.15) is 0 Å². The van der Waals surface area contributed by atoms with Crippen LogP contribution in [-0.4, -0.2) is 52.8 Å². The summed E-state index contributed by atoms with van der Waals surface area (Å²) >= 11 is 0. The maximum absolute atomic E-state index is 13.5. The number of carbonyl (C=O) groups is 2. The van der Waals surface area contributed by atoms with Crippen molar-refractivity contribution in [3.8, 4) is 11.5 Å². The predicted molar refractivity (Wildman–Crippen MR) is 136 cm³/mol. The average Bonchev–Trinajstić information content (AvgIpc) is 3.05. The maximum Gasteiger partial charge on any atom is 0.309 e. The van der Waals surface area contributed by atoms with E-state index in [1.165, 1.54) is 7.11 Å². The van der Waals surface area contributed by atoms with Gasteiger partial charge in [0, 0.05) is 68.4 Å². The fourth-order valence-electron chi connectivity index (χ4n) is 5.08. The molecule has 1 heterocycles. The molecule has 1 aliphatic heterocycles. The van der Waals surface area contributed by atoms with Gasteiger partial charge in [0.15, 0.2) is 0 Å². The van der Waals surface area contributed by atoms with E-state index < -0.39 is 5.41 Å². The van der Waals surface area contributed by atoms with Crippen molar-refractivity contribution in [1.29, 1.82) is 5.41 Å². The highest BCUT2D eigenvalue weighted by atomic mass is 16.5. The van der Waals surface area contributed by atoms with Gasteiger partial charge in [-0.3, -0.25) is 15.0 Å². The van der Waals surface area contributed by atoms with E-state index in [9.17, 15) is 9.59 Å². The molecule has 0 fully saturated rings. The van der Waals surface area contributed by atoms with Crippen molar-refractivity contribution in [2.24, 2.45) is 0 Å². The van der Waals surface area contributed by atoms with Crippen molar-refractivity contribution >= 4 is 28.8 Å². The molecule has 1 spiro atoms. The Balaban J connectivity index is 1.84. The number of fused-ring (bicyclic) bond motifs is 6. The Labute approximate surface area is 204 Å². The third kappa shape index (κ3) is 3.22. The molecule has 3 aromatic rings. The summed E-state index contributed by atoms with van der Waals surface area (Å²) in [5, 5.41) is 9.15. The Morgan fingerprint density at radius 3 is 1.97 bits per heavy atom. The van der Waals surface area contributed by atoms with Crippen LogP contribution in [0.2, 0.25) is 0 Å². The number of ketones is 1. The van der Waals surface area contributed by atoms with Crippen molar-refractivity contribution in [3.63, 3.8) is 0 Å². The molecule has 178 valence electrons. The molecule has 7 heteroatoms. The van der Waals surface area contributed by atoms with E-state index in [0.29, 0.717) is 22.6 Å². The first kappa shape index (κ1) is 22.7. The van der Waals surface area contributed by atoms with E-state index in [2.05, 4.69) is 0 Å². The lowest BCUT2D eigenvalue weighted by Crippen LogP contribution is -2.39. The van der Waals surface area contributed by atoms with Crippen LogP contribution in [0.25, 0.3) is 0 Å². The second kappa shape index (κ2) is 7.98. The zero-order valence-corrected chi connectivity index (χ0v) is 20.4. The molecule has 0 atom stereocenters. The second-order valence-corrected chi connectivity index (χ2v) is 9.34. The van der Waals surface area contributed by atoms with Crippen molar-refractivity contribution in [2.45, 2.75) is 11.8 Å². The van der Waals surface area contributed by atoms with Gasteiger partial charge in [-0.15, -0.1) is 0 Å². The molecule has 1 aliphatic carbocycles. The number of nitrogens with one attached hydrogen (secondary N) is 1. The normalized spacial score (nSPS) is 14.7. The number of rotatable bonds is 4. The van der Waals surface area contributed by atoms with Crippen molar-refractivity contribution < 1.29 is 19.1 Å². The van der Waals surface area contributed by atoms with Crippen LogP contribution in [0.1, 0.15) is 32.6 Å². The monoisotopic (exact) mass is 469 g/mol. The van der Waals surface area contributed by atoms with Crippen LogP contribution in [0, 0.1) is 5.41 Å². The lowest BCUT2D eigenvalue weighted by Gasteiger charge is -2.38. The van der Waals surface area contributed by atoms with Gasteiger partial charge in [-0.05, 0) is 23.3 Å². The van der Waals surface area contributed by atoms with Gasteiger partial charge in [0.05, 0.1) is 24.7 Å². The first-order valence-corrected chi connectivity index (χ1v) is 11.3. The number of carbonyl (C=O) groups excluding carboxylic acids is 2. The molecule has 0 amide bonds. The van der Waals surface area contributed by atoms with Gasteiger partial charge < -0.3 is 19.3 Å². The van der Waals surface area contributed by atoms with Crippen molar-refractivity contribution in [2.75, 3.05) is 45.1 Å². The van der Waals surface area contributed by atoms with Crippen LogP contribution in [0.4, 0.5) is 11.4 Å². The highest BCUT2D eigenvalue weighted by molar-refractivity contribution is 6.53. The third-order valence-corrected chi connectivity index (χ3v) is 6.90. The summed E-state index contributed by atoms with van der Waals surface area (Å²) in [6, 6.07) is 17.0. The minimum Gasteiger partial charge on any atom is -0.469 e. The summed E-state index contributed by atoms with van der Waals surface area (Å²) in [7, 11) is 9.16. The Bertz CT molecular complexity index is 1350. The number of anilines is 2. The lowest BCUT2D eigenvalue weighted by atomic mass is 9.67. The summed E-state index contributed by atoms with van der Waals surface area (Å²) < 4.78 is 11.3. The standard InChI is InChI=1S/C28H27N3O4/c1-30(2)17-7-10-20-23(14-17)35-24-15-18(31(3)4)8-11-21(24)28(20)22-12-16(13-25(32)34-5)6-9-19(22)26(33)27(28)29/h6-12,14-15,29H,13H2,1-5H3. The zero-order chi connectivity index (χ0) is 25.1. The van der Waals surface area contributed by atoms with E-state index in [4.69, 9.17) is 14.9 Å². The molecule has 2 aliphatic rings. The first-order chi connectivity index (χ1) is 16.7. The molecule has 0 unspecified atom stereocenters. The number of hydrogen-bond donors (Lipinski definition) is 1. The van der Waals surface area contributed by atoms with Crippen LogP contribution in [0.5, 0.6) is 11.5 Å². The molecule has 35 heavy (non-hydrogen) atoms. The zero-order valence-electron chi connectivity index (χ0n) is 20.4. The lowest BCUT2D eigenvalue weighted by molar-refractivity contribution is -0.139. The minimum atomic E-state index is -1.14. The fourth-order valence-corrected chi connectivity index (χ4v) is 5.08. The number of ether oxygens (including phenoxy) is 2. The molecule has 3 aromatic carbocycles. The number of methoxy groups -OCH3 is 1. The summed E-state index contributed by atoms with van der Waals surface area (Å²) in [4.78, 5) is 29.4. The molecular formula is C28H27N3O4. The fraction of sp³-hybridized carbons (Fsp3) is 0.250. The molecule has 0 bridgehead atoms. The largest absolute Gasteiger partial charge is 0.469 e. The predicted octanol–water partition coefficient (Wildman–Crippen LogP) is 4.19. The molecule has 0 aromatic heterocycles. The number of esters is 1. The summed E-state index contributed by atoms with van der Waals surface area (Å²) in [5.74, 6) is 0.515. The van der Waals surface area contributed by atoms with Crippen LogP contribution in [0.15, 0.2) is 54.6 Å². The number of hydrogen-bond acceptors (Lipinski definition) is 7. The summed E-state index contributed by atoms with van der Waals surface area (Å²) in [6.45, 7) is 0. The number of benzene rings is 3. The van der Waals surface area contributed by atoms with Crippen LogP contribution < -0.4 is 14.5 Å². The van der Waals surface area contributed by atoms with E-state index in [0.717, 1.165) is 28.1 Å². The quantitative estimate of drug-likeness (QED) is 0.577. The second-order valence-electron chi connectivity index (χ2n) is 9.34. The van der Waals surface area contributed by atoms with Crippen molar-refractivity contribution in [1.82, 2.24) is 0 Å². The number of nitrogens with zero attached hydrogens (tertiary/aromatic N) is 2. The first-order valence-electron chi connectivity index (χ1n) is 11.3. The summed E-state index contributed by atoms with van der Waals surface area (Å²) in [5.41, 5.74) is 4.08. The van der Waals surface area contributed by atoms with Crippen molar-refractivity contribution in [3.05, 3.63) is 82.4 Å². The Kier molecular flexibility index (Phi) is 5.16. The third-order valence-electron chi connectivity index (χ3n) is 6.90. The van der Waals surface area contributed by atoms with Gasteiger partial charge >= 0.3 is 5.97 Å². The highest BCUT2D eigenvalue weighted by Crippen LogP contribution is 2.57. The molecule has 0 saturated carbocycles. The van der Waals surface area contributed by atoms with E-state index in [1.54, 1.807) is 12.1 Å². The molecule has 5 rings (SSSR count). The van der Waals surface area contributed by atoms with Gasteiger partial charge in [0.2, 0.25) is 5.78 Å². The van der Waals surface area contributed by atoms with Crippen LogP contribution in [0.3, 0.4) is 0 Å². The molecule has 1 N–H and O–H groups in total. The van der Waals surface area contributed by atoms with Gasteiger partial charge in [0.1, 0.15) is 11.5 Å². The minimum absolute atomic E-state index is 0.0243.